The van der Waals surface area contributed by atoms with E-state index >= 15 is 0 Å². The summed E-state index contributed by atoms with van der Waals surface area (Å²) in [5.41, 5.74) is 1.33. The maximum absolute atomic E-state index is 10.3. The number of likely N-dealkylation sites (tertiary alicyclic amines) is 1. The number of piperidine rings is 2. The van der Waals surface area contributed by atoms with Gasteiger partial charge in [0.15, 0.2) is 0 Å². The Kier molecular flexibility index (Phi) is 6.50. The zero-order valence-corrected chi connectivity index (χ0v) is 17.1. The molecule has 0 spiro atoms. The van der Waals surface area contributed by atoms with Crippen LogP contribution in [0, 0.1) is 0 Å². The van der Waals surface area contributed by atoms with E-state index in [1.165, 1.54) is 18.4 Å². The summed E-state index contributed by atoms with van der Waals surface area (Å²) in [6, 6.07) is 15.4. The van der Waals surface area contributed by atoms with Crippen LogP contribution in [0.3, 0.4) is 0 Å². The van der Waals surface area contributed by atoms with Gasteiger partial charge in [0, 0.05) is 42.9 Å². The van der Waals surface area contributed by atoms with Gasteiger partial charge in [-0.05, 0) is 68.4 Å². The van der Waals surface area contributed by atoms with E-state index in [-0.39, 0.29) is 6.10 Å². The number of aliphatic hydroxyl groups is 1. The van der Waals surface area contributed by atoms with Crippen molar-refractivity contribution in [1.82, 2.24) is 9.88 Å². The van der Waals surface area contributed by atoms with Crippen molar-refractivity contribution in [3.63, 3.8) is 0 Å². The Balaban J connectivity index is 1.35. The topological polar surface area (TPSA) is 39.6 Å². The second-order valence-corrected chi connectivity index (χ2v) is 8.58. The van der Waals surface area contributed by atoms with E-state index < -0.39 is 0 Å². The fourth-order valence-corrected chi connectivity index (χ4v) is 4.89. The quantitative estimate of drug-likeness (QED) is 0.819. The summed E-state index contributed by atoms with van der Waals surface area (Å²) in [6.45, 7) is 3.13. The zero-order valence-electron chi connectivity index (χ0n) is 16.4. The lowest BCUT2D eigenvalue weighted by Gasteiger charge is -2.46. The highest BCUT2D eigenvalue weighted by Gasteiger charge is 2.34. The number of benzene rings is 1. The van der Waals surface area contributed by atoms with Gasteiger partial charge in [-0.3, -0.25) is 4.90 Å². The van der Waals surface area contributed by atoms with Crippen molar-refractivity contribution in [2.24, 2.45) is 0 Å². The number of hydrogen-bond acceptors (Lipinski definition) is 4. The minimum Gasteiger partial charge on any atom is -0.393 e. The van der Waals surface area contributed by atoms with Gasteiger partial charge in [-0.25, -0.2) is 4.98 Å². The first-order valence-electron chi connectivity index (χ1n) is 10.5. The molecule has 1 aromatic heterocycles. The molecule has 1 aromatic carbocycles. The molecule has 2 saturated heterocycles. The zero-order chi connectivity index (χ0) is 19.3. The predicted molar refractivity (Wildman–Crippen MR) is 115 cm³/mol. The van der Waals surface area contributed by atoms with Crippen LogP contribution < -0.4 is 4.90 Å². The first-order chi connectivity index (χ1) is 13.7. The lowest BCUT2D eigenvalue weighted by atomic mass is 9.90. The van der Waals surface area contributed by atoms with Crippen LogP contribution in [0.15, 0.2) is 48.7 Å². The van der Waals surface area contributed by atoms with Crippen molar-refractivity contribution >= 4 is 17.4 Å². The van der Waals surface area contributed by atoms with Gasteiger partial charge >= 0.3 is 0 Å². The summed E-state index contributed by atoms with van der Waals surface area (Å²) in [7, 11) is 0. The van der Waals surface area contributed by atoms with E-state index in [9.17, 15) is 5.11 Å². The number of aromatic nitrogens is 1. The highest BCUT2D eigenvalue weighted by molar-refractivity contribution is 6.30. The van der Waals surface area contributed by atoms with Crippen LogP contribution in [0.4, 0.5) is 5.82 Å². The highest BCUT2D eigenvalue weighted by atomic mass is 35.5. The average Bonchev–Trinajstić information content (AvgIpc) is 2.74. The molecule has 150 valence electrons. The van der Waals surface area contributed by atoms with Crippen LogP contribution in [-0.2, 0) is 6.42 Å². The molecular weight excluding hydrogens is 370 g/mol. The third-order valence-electron chi connectivity index (χ3n) is 6.32. The molecule has 28 heavy (non-hydrogen) atoms. The lowest BCUT2D eigenvalue weighted by molar-refractivity contribution is 0.00768. The minimum atomic E-state index is -0.153. The Morgan fingerprint density at radius 1 is 1.00 bits per heavy atom. The van der Waals surface area contributed by atoms with Crippen molar-refractivity contribution < 1.29 is 5.11 Å². The number of hydrogen-bond donors (Lipinski definition) is 1. The normalized spacial score (nSPS) is 24.4. The maximum Gasteiger partial charge on any atom is 0.128 e. The van der Waals surface area contributed by atoms with Gasteiger partial charge in [-0.2, -0.15) is 0 Å². The molecule has 4 rings (SSSR count). The Morgan fingerprint density at radius 2 is 1.79 bits per heavy atom. The molecular formula is C23H30ClN3O. The van der Waals surface area contributed by atoms with Gasteiger partial charge in [0.05, 0.1) is 6.10 Å². The van der Waals surface area contributed by atoms with E-state index in [2.05, 4.69) is 39.0 Å². The first-order valence-corrected chi connectivity index (χ1v) is 10.9. The van der Waals surface area contributed by atoms with E-state index in [4.69, 9.17) is 11.6 Å². The monoisotopic (exact) mass is 399 g/mol. The summed E-state index contributed by atoms with van der Waals surface area (Å²) >= 11 is 6.01. The van der Waals surface area contributed by atoms with E-state index in [1.807, 2.05) is 24.4 Å². The lowest BCUT2D eigenvalue weighted by Crippen LogP contribution is -2.53. The number of aliphatic hydroxyl groups excluding tert-OH is 1. The Labute approximate surface area is 173 Å². The Hall–Kier alpha value is -1.62. The van der Waals surface area contributed by atoms with Gasteiger partial charge in [0.2, 0.25) is 0 Å². The molecule has 0 unspecified atom stereocenters. The van der Waals surface area contributed by atoms with Crippen LogP contribution in [0.25, 0.3) is 0 Å². The maximum atomic E-state index is 10.3. The van der Waals surface area contributed by atoms with E-state index in [1.54, 1.807) is 0 Å². The minimum absolute atomic E-state index is 0.153. The van der Waals surface area contributed by atoms with Gasteiger partial charge in [-0.1, -0.05) is 29.8 Å². The SMILES string of the molecule is O[C@@H]1CCN(C2CCN(c3ccccn3)CC2)[C@@H](CCc2ccc(Cl)cc2)C1. The number of halogens is 1. The predicted octanol–water partition coefficient (Wildman–Crippen LogP) is 4.16. The summed E-state index contributed by atoms with van der Waals surface area (Å²) in [5.74, 6) is 1.09. The molecule has 2 aliphatic heterocycles. The molecule has 2 aromatic rings. The van der Waals surface area contributed by atoms with Crippen molar-refractivity contribution in [3.8, 4) is 0 Å². The van der Waals surface area contributed by atoms with Crippen LogP contribution in [-0.4, -0.2) is 52.8 Å². The highest BCUT2D eigenvalue weighted by Crippen LogP contribution is 2.29. The third kappa shape index (κ3) is 4.86. The Morgan fingerprint density at radius 3 is 2.50 bits per heavy atom. The molecule has 2 fully saturated rings. The molecule has 4 nitrogen and oxygen atoms in total. The van der Waals surface area contributed by atoms with Crippen LogP contribution in [0.2, 0.25) is 5.02 Å². The van der Waals surface area contributed by atoms with Gasteiger partial charge in [-0.15, -0.1) is 0 Å². The second-order valence-electron chi connectivity index (χ2n) is 8.14. The van der Waals surface area contributed by atoms with Crippen LogP contribution in [0.5, 0.6) is 0 Å². The van der Waals surface area contributed by atoms with Gasteiger partial charge in [0.25, 0.3) is 0 Å². The first kappa shape index (κ1) is 19.7. The molecule has 0 bridgehead atoms. The van der Waals surface area contributed by atoms with Gasteiger partial charge < -0.3 is 10.0 Å². The van der Waals surface area contributed by atoms with Crippen LogP contribution in [0.1, 0.15) is 37.7 Å². The average molecular weight is 400 g/mol. The molecule has 5 heteroatoms. The largest absolute Gasteiger partial charge is 0.393 e. The van der Waals surface area contributed by atoms with E-state index in [0.29, 0.717) is 12.1 Å². The smallest absolute Gasteiger partial charge is 0.128 e. The summed E-state index contributed by atoms with van der Waals surface area (Å²) in [4.78, 5) is 9.60. The molecule has 0 aliphatic carbocycles. The second kappa shape index (κ2) is 9.25. The molecule has 0 amide bonds. The standard InChI is InChI=1S/C23H30ClN3O/c24-19-7-4-18(5-8-19)6-9-21-17-22(28)12-16-27(21)20-10-14-26(15-11-20)23-3-1-2-13-25-23/h1-5,7-8,13,20-22,28H,6,9-12,14-17H2/t21-,22+/m0/s1. The molecule has 0 saturated carbocycles. The van der Waals surface area contributed by atoms with Crippen molar-refractivity contribution in [2.45, 2.75) is 56.7 Å². The number of rotatable bonds is 5. The molecule has 2 atom stereocenters. The molecule has 0 radical (unpaired) electrons. The number of anilines is 1. The van der Waals surface area contributed by atoms with Crippen molar-refractivity contribution in [2.75, 3.05) is 24.5 Å². The van der Waals surface area contributed by atoms with Gasteiger partial charge in [0.1, 0.15) is 5.82 Å². The fourth-order valence-electron chi connectivity index (χ4n) is 4.76. The molecule has 2 aliphatic rings. The summed E-state index contributed by atoms with van der Waals surface area (Å²) < 4.78 is 0. The van der Waals surface area contributed by atoms with E-state index in [0.717, 1.165) is 56.2 Å². The van der Waals surface area contributed by atoms with Crippen LogP contribution >= 0.6 is 11.6 Å². The third-order valence-corrected chi connectivity index (χ3v) is 6.57. The number of nitrogens with zero attached hydrogens (tertiary/aromatic N) is 3. The Bertz CT molecular complexity index is 731. The molecule has 3 heterocycles. The van der Waals surface area contributed by atoms with Crippen molar-refractivity contribution in [3.05, 3.63) is 59.2 Å². The fraction of sp³-hybridized carbons (Fsp3) is 0.522. The van der Waals surface area contributed by atoms with Crippen molar-refractivity contribution in [1.29, 1.82) is 0 Å². The number of aryl methyl sites for hydroxylation is 1. The number of pyridine rings is 1. The summed E-state index contributed by atoms with van der Waals surface area (Å²) in [5, 5.41) is 11.0. The molecule has 1 N–H and O–H groups in total. The summed E-state index contributed by atoms with van der Waals surface area (Å²) in [6.07, 6.45) is 8.00.